The quantitative estimate of drug-likeness (QED) is 0.314. The maximum atomic E-state index is 14.3. The van der Waals surface area contributed by atoms with Crippen molar-refractivity contribution >= 4 is 23.4 Å². The van der Waals surface area contributed by atoms with Gasteiger partial charge in [0, 0.05) is 22.3 Å². The molecule has 5 rings (SSSR count). The Hall–Kier alpha value is -4.01. The van der Waals surface area contributed by atoms with E-state index in [1.54, 1.807) is 70.2 Å². The van der Waals surface area contributed by atoms with Crippen LogP contribution < -0.4 is 0 Å². The fourth-order valence-electron chi connectivity index (χ4n) is 7.97. The first-order valence-corrected chi connectivity index (χ1v) is 14.0. The van der Waals surface area contributed by atoms with Crippen molar-refractivity contribution in [1.29, 1.82) is 0 Å². The van der Waals surface area contributed by atoms with Crippen LogP contribution in [0.25, 0.3) is 17.2 Å². The Morgan fingerprint density at radius 3 is 2.14 bits per heavy atom. The largest absolute Gasteiger partial charge is 0.511 e. The maximum absolute atomic E-state index is 14.3. The highest BCUT2D eigenvalue weighted by Crippen LogP contribution is 2.67. The van der Waals surface area contributed by atoms with Crippen LogP contribution >= 0.6 is 0 Å². The minimum absolute atomic E-state index is 0.111. The number of aromatic hydroxyl groups is 1. The van der Waals surface area contributed by atoms with E-state index < -0.39 is 80.3 Å². The third kappa shape index (κ3) is 3.28. The van der Waals surface area contributed by atoms with E-state index in [1.165, 1.54) is 6.92 Å². The van der Waals surface area contributed by atoms with Crippen molar-refractivity contribution in [3.63, 3.8) is 0 Å². The zero-order valence-electron chi connectivity index (χ0n) is 24.5. The lowest BCUT2D eigenvalue weighted by molar-refractivity contribution is -0.211. The van der Waals surface area contributed by atoms with Crippen molar-refractivity contribution in [2.45, 2.75) is 59.2 Å². The van der Waals surface area contributed by atoms with Crippen molar-refractivity contribution in [1.82, 2.24) is 0 Å². The maximum Gasteiger partial charge on any atom is 0.209 e. The Bertz CT molecular complexity index is 1640. The van der Waals surface area contributed by atoms with Gasteiger partial charge in [0.25, 0.3) is 0 Å². The topological polar surface area (TPSA) is 152 Å². The Morgan fingerprint density at radius 2 is 1.62 bits per heavy atom. The monoisotopic (exact) mass is 572 g/mol. The molecule has 2 aromatic rings. The Balaban J connectivity index is 1.83. The molecule has 3 aliphatic carbocycles. The van der Waals surface area contributed by atoms with Crippen LogP contribution in [0.4, 0.5) is 0 Å². The van der Waals surface area contributed by atoms with Crippen LogP contribution in [-0.4, -0.2) is 54.6 Å². The molecule has 0 saturated heterocycles. The molecule has 5 N–H and O–H groups in total. The van der Waals surface area contributed by atoms with Crippen molar-refractivity contribution < 1.29 is 39.9 Å². The third-order valence-electron chi connectivity index (χ3n) is 10.3. The highest BCUT2D eigenvalue weighted by Gasteiger charge is 2.76. The predicted molar refractivity (Wildman–Crippen MR) is 157 cm³/mol. The Morgan fingerprint density at radius 1 is 1.02 bits per heavy atom. The van der Waals surface area contributed by atoms with Crippen LogP contribution in [0.15, 0.2) is 65.6 Å². The summed E-state index contributed by atoms with van der Waals surface area (Å²) in [5.74, 6) is -7.19. The number of phenols is 1. The first-order chi connectivity index (χ1) is 19.5. The molecule has 0 bridgehead atoms. The summed E-state index contributed by atoms with van der Waals surface area (Å²) in [6.07, 6.45) is 0.0151. The number of phenolic OH excluding ortho intramolecular Hbond substituents is 1. The molecule has 0 fully saturated rings. The second kappa shape index (κ2) is 9.24. The van der Waals surface area contributed by atoms with Gasteiger partial charge in [-0.3, -0.25) is 14.4 Å². The molecule has 42 heavy (non-hydrogen) atoms. The van der Waals surface area contributed by atoms with Gasteiger partial charge in [-0.25, -0.2) is 0 Å². The minimum Gasteiger partial charge on any atom is -0.511 e. The lowest BCUT2D eigenvalue weighted by Crippen LogP contribution is -2.73. The van der Waals surface area contributed by atoms with E-state index in [1.807, 2.05) is 0 Å². The summed E-state index contributed by atoms with van der Waals surface area (Å²) in [6.45, 7) is 12.9. The summed E-state index contributed by atoms with van der Waals surface area (Å²) in [4.78, 5) is 40.8. The number of fused-ring (bicyclic) bond motifs is 3. The van der Waals surface area contributed by atoms with Crippen LogP contribution in [0.2, 0.25) is 0 Å². The van der Waals surface area contributed by atoms with E-state index in [0.717, 1.165) is 12.5 Å². The number of aliphatic hydroxyl groups is 4. The normalized spacial score (nSPS) is 32.5. The Kier molecular flexibility index (Phi) is 6.49. The van der Waals surface area contributed by atoms with Crippen LogP contribution in [0.3, 0.4) is 0 Å². The molecule has 0 radical (unpaired) electrons. The SMILES string of the molecule is C=Cc1ccc(-c2ccc3c(c2O)C(=O)C2=C(O)[C@@]4(O)C(=O)C(C(C)=O)=C(O)C(C(C)C)[C@@]4(C)[C@H](O)[C@@]2(C)[C@@H]3C)cc1. The van der Waals surface area contributed by atoms with Gasteiger partial charge in [-0.05, 0) is 35.4 Å². The molecular weight excluding hydrogens is 536 g/mol. The van der Waals surface area contributed by atoms with Gasteiger partial charge in [0.15, 0.2) is 17.2 Å². The number of hydrogen-bond acceptors (Lipinski definition) is 8. The van der Waals surface area contributed by atoms with Crippen LogP contribution in [0.1, 0.15) is 68.9 Å². The number of hydrogen-bond donors (Lipinski definition) is 5. The number of carbonyl (C=O) groups excluding carboxylic acids is 3. The number of aliphatic hydroxyl groups excluding tert-OH is 3. The molecule has 0 aromatic heterocycles. The van der Waals surface area contributed by atoms with Crippen LogP contribution in [-0.2, 0) is 9.59 Å². The summed E-state index contributed by atoms with van der Waals surface area (Å²) < 4.78 is 0. The minimum atomic E-state index is -2.91. The fraction of sp³-hybridized carbons (Fsp3) is 0.382. The average Bonchev–Trinajstić information content (AvgIpc) is 2.93. The molecule has 2 aromatic carbocycles. The van der Waals surface area contributed by atoms with Gasteiger partial charge < -0.3 is 25.5 Å². The third-order valence-corrected chi connectivity index (χ3v) is 10.3. The molecule has 0 spiro atoms. The van der Waals surface area contributed by atoms with E-state index in [0.29, 0.717) is 16.7 Å². The molecule has 0 saturated carbocycles. The van der Waals surface area contributed by atoms with Crippen LogP contribution in [0, 0.1) is 22.7 Å². The lowest BCUT2D eigenvalue weighted by atomic mass is 9.41. The standard InChI is InChI=1S/C34H36O8/c1-8-18-9-11-19(12-10-18)21-14-13-20-16(4)32(6)25(28(38)23(20)26(21)36)30(40)34(42)29(39)22(17(5)35)27(37)24(15(2)3)33(34,7)31(32)41/h8-16,24,31,36-37,40-42H,1H2,2-7H3/t16-,24?,31-,32+,33+,34+/m1/s1. The molecule has 0 aliphatic heterocycles. The van der Waals surface area contributed by atoms with Crippen LogP contribution in [0.5, 0.6) is 5.75 Å². The average molecular weight is 573 g/mol. The van der Waals surface area contributed by atoms with Gasteiger partial charge in [-0.15, -0.1) is 0 Å². The van der Waals surface area contributed by atoms with E-state index in [2.05, 4.69) is 6.58 Å². The first-order valence-electron chi connectivity index (χ1n) is 14.0. The summed E-state index contributed by atoms with van der Waals surface area (Å²) >= 11 is 0. The summed E-state index contributed by atoms with van der Waals surface area (Å²) in [6, 6.07) is 10.5. The summed E-state index contributed by atoms with van der Waals surface area (Å²) in [5.41, 5.74) is -5.36. The van der Waals surface area contributed by atoms with Gasteiger partial charge in [-0.2, -0.15) is 0 Å². The number of allylic oxidation sites excluding steroid dienone is 1. The van der Waals surface area contributed by atoms with E-state index in [4.69, 9.17) is 0 Å². The Labute approximate surface area is 244 Å². The van der Waals surface area contributed by atoms with Crippen molar-refractivity contribution in [3.8, 4) is 16.9 Å². The second-order valence-electron chi connectivity index (χ2n) is 12.6. The first kappa shape index (κ1) is 29.5. The number of benzene rings is 2. The number of Topliss-reactive ketones (excluding diaryl/α,β-unsaturated/α-hetero) is 3. The molecule has 3 aliphatic rings. The van der Waals surface area contributed by atoms with E-state index in [-0.39, 0.29) is 11.3 Å². The van der Waals surface area contributed by atoms with Crippen molar-refractivity contribution in [3.05, 3.63) is 82.3 Å². The second-order valence-corrected chi connectivity index (χ2v) is 12.6. The molecule has 6 atom stereocenters. The summed E-state index contributed by atoms with van der Waals surface area (Å²) in [5, 5.41) is 59.1. The van der Waals surface area contributed by atoms with Crippen molar-refractivity contribution in [2.75, 3.05) is 0 Å². The van der Waals surface area contributed by atoms with Gasteiger partial charge in [-0.1, -0.05) is 83.7 Å². The molecule has 8 heteroatoms. The van der Waals surface area contributed by atoms with Gasteiger partial charge in [0.1, 0.15) is 22.8 Å². The predicted octanol–water partition coefficient (Wildman–Crippen LogP) is 5.19. The lowest BCUT2D eigenvalue weighted by Gasteiger charge is -2.63. The number of carbonyl (C=O) groups is 3. The molecule has 0 amide bonds. The zero-order valence-corrected chi connectivity index (χ0v) is 24.5. The zero-order chi connectivity index (χ0) is 31.3. The molecule has 1 unspecified atom stereocenters. The highest BCUT2D eigenvalue weighted by molar-refractivity contribution is 6.25. The number of rotatable bonds is 4. The van der Waals surface area contributed by atoms with E-state index >= 15 is 0 Å². The molecule has 8 nitrogen and oxygen atoms in total. The molecular formula is C34H36O8. The van der Waals surface area contributed by atoms with Gasteiger partial charge >= 0.3 is 0 Å². The van der Waals surface area contributed by atoms with Crippen molar-refractivity contribution in [2.24, 2.45) is 22.7 Å². The highest BCUT2D eigenvalue weighted by atomic mass is 16.4. The number of ketones is 3. The molecule has 220 valence electrons. The smallest absolute Gasteiger partial charge is 0.209 e. The molecule has 0 heterocycles. The van der Waals surface area contributed by atoms with Gasteiger partial charge in [0.2, 0.25) is 5.78 Å². The summed E-state index contributed by atoms with van der Waals surface area (Å²) in [7, 11) is 0. The van der Waals surface area contributed by atoms with E-state index in [9.17, 15) is 39.9 Å². The fourth-order valence-corrected chi connectivity index (χ4v) is 7.97. The van der Waals surface area contributed by atoms with Gasteiger partial charge in [0.05, 0.1) is 17.2 Å².